The van der Waals surface area contributed by atoms with E-state index in [0.29, 0.717) is 12.8 Å². The molecule has 0 aliphatic carbocycles. The predicted molar refractivity (Wildman–Crippen MR) is 64.1 cm³/mol. The lowest BCUT2D eigenvalue weighted by molar-refractivity contribution is 0.0935. The molecule has 2 rings (SSSR count). The standard InChI is InChI=1S/C14H18F2O2/c15-11-6-2-7-12(16)14(11)13(17)8-1-4-10-5-3-9-18-10/h2,6-7,10,13,17H,1,3-5,8-9H2. The maximum absolute atomic E-state index is 13.4. The van der Waals surface area contributed by atoms with E-state index in [9.17, 15) is 13.9 Å². The Kier molecular flexibility index (Phi) is 4.66. The minimum atomic E-state index is -1.08. The van der Waals surface area contributed by atoms with Gasteiger partial charge >= 0.3 is 0 Å². The molecule has 4 heteroatoms. The summed E-state index contributed by atoms with van der Waals surface area (Å²) in [4.78, 5) is 0. The number of aliphatic hydroxyl groups excluding tert-OH is 1. The van der Waals surface area contributed by atoms with Crippen LogP contribution in [0.4, 0.5) is 8.78 Å². The molecule has 1 aromatic carbocycles. The summed E-state index contributed by atoms with van der Waals surface area (Å²) < 4.78 is 32.3. The Morgan fingerprint density at radius 1 is 1.33 bits per heavy atom. The van der Waals surface area contributed by atoms with Crippen LogP contribution in [0.5, 0.6) is 0 Å². The molecule has 100 valence electrons. The second kappa shape index (κ2) is 6.25. The summed E-state index contributed by atoms with van der Waals surface area (Å²) in [6.07, 6.45) is 3.21. The third-order valence-corrected chi connectivity index (χ3v) is 3.36. The smallest absolute Gasteiger partial charge is 0.131 e. The maximum atomic E-state index is 13.4. The summed E-state index contributed by atoms with van der Waals surface area (Å²) >= 11 is 0. The topological polar surface area (TPSA) is 29.5 Å². The molecule has 1 aliphatic rings. The van der Waals surface area contributed by atoms with Crippen LogP contribution in [0, 0.1) is 11.6 Å². The van der Waals surface area contributed by atoms with Crippen molar-refractivity contribution in [2.24, 2.45) is 0 Å². The normalized spacial score (nSPS) is 21.2. The molecule has 0 saturated carbocycles. The third kappa shape index (κ3) is 3.27. The fourth-order valence-electron chi connectivity index (χ4n) is 2.38. The molecule has 0 radical (unpaired) electrons. The van der Waals surface area contributed by atoms with Crippen molar-refractivity contribution in [2.45, 2.75) is 44.3 Å². The van der Waals surface area contributed by atoms with Crippen LogP contribution >= 0.6 is 0 Å². The SMILES string of the molecule is OC(CCCC1CCCO1)c1c(F)cccc1F. The van der Waals surface area contributed by atoms with Crippen molar-refractivity contribution >= 4 is 0 Å². The molecule has 1 saturated heterocycles. The van der Waals surface area contributed by atoms with Crippen LogP contribution in [-0.2, 0) is 4.74 Å². The zero-order chi connectivity index (χ0) is 13.0. The quantitative estimate of drug-likeness (QED) is 0.875. The molecule has 0 bridgehead atoms. The summed E-state index contributed by atoms with van der Waals surface area (Å²) in [6, 6.07) is 3.64. The van der Waals surface area contributed by atoms with Gasteiger partial charge in [-0.3, -0.25) is 0 Å². The van der Waals surface area contributed by atoms with Gasteiger partial charge in [-0.1, -0.05) is 6.07 Å². The number of halogens is 2. The maximum Gasteiger partial charge on any atom is 0.131 e. The van der Waals surface area contributed by atoms with Crippen LogP contribution < -0.4 is 0 Å². The Morgan fingerprint density at radius 3 is 2.67 bits per heavy atom. The summed E-state index contributed by atoms with van der Waals surface area (Å²) in [5, 5.41) is 9.84. The van der Waals surface area contributed by atoms with Crippen molar-refractivity contribution < 1.29 is 18.6 Å². The monoisotopic (exact) mass is 256 g/mol. The highest BCUT2D eigenvalue weighted by molar-refractivity contribution is 5.21. The van der Waals surface area contributed by atoms with Crippen LogP contribution in [0.25, 0.3) is 0 Å². The lowest BCUT2D eigenvalue weighted by Gasteiger charge is -2.14. The average Bonchev–Trinajstić information content (AvgIpc) is 2.82. The van der Waals surface area contributed by atoms with E-state index in [1.165, 1.54) is 18.2 Å². The van der Waals surface area contributed by atoms with Gasteiger partial charge in [-0.2, -0.15) is 0 Å². The van der Waals surface area contributed by atoms with Crippen LogP contribution in [0.15, 0.2) is 18.2 Å². The molecule has 1 heterocycles. The molecule has 2 atom stereocenters. The highest BCUT2D eigenvalue weighted by Gasteiger charge is 2.19. The van der Waals surface area contributed by atoms with Crippen molar-refractivity contribution in [2.75, 3.05) is 6.61 Å². The minimum Gasteiger partial charge on any atom is -0.388 e. The Bertz CT molecular complexity index is 369. The van der Waals surface area contributed by atoms with E-state index in [2.05, 4.69) is 0 Å². The fourth-order valence-corrected chi connectivity index (χ4v) is 2.38. The molecule has 0 amide bonds. The summed E-state index contributed by atoms with van der Waals surface area (Å²) in [5.74, 6) is -1.36. The van der Waals surface area contributed by atoms with Gasteiger partial charge in [0.25, 0.3) is 0 Å². The molecule has 1 N–H and O–H groups in total. The van der Waals surface area contributed by atoms with Gasteiger partial charge in [0, 0.05) is 6.61 Å². The van der Waals surface area contributed by atoms with Gasteiger partial charge in [-0.15, -0.1) is 0 Å². The Morgan fingerprint density at radius 2 is 2.06 bits per heavy atom. The Hall–Kier alpha value is -1.00. The van der Waals surface area contributed by atoms with Crippen molar-refractivity contribution in [1.29, 1.82) is 0 Å². The van der Waals surface area contributed by atoms with E-state index < -0.39 is 17.7 Å². The first-order chi connectivity index (χ1) is 8.68. The molecule has 0 spiro atoms. The van der Waals surface area contributed by atoms with Gasteiger partial charge in [0.05, 0.1) is 17.8 Å². The van der Waals surface area contributed by atoms with E-state index >= 15 is 0 Å². The van der Waals surface area contributed by atoms with Gasteiger partial charge in [-0.05, 0) is 44.2 Å². The number of hydrogen-bond acceptors (Lipinski definition) is 2. The average molecular weight is 256 g/mol. The summed E-state index contributed by atoms with van der Waals surface area (Å²) in [7, 11) is 0. The van der Waals surface area contributed by atoms with Crippen molar-refractivity contribution in [1.82, 2.24) is 0 Å². The van der Waals surface area contributed by atoms with Gasteiger partial charge in [0.2, 0.25) is 0 Å². The van der Waals surface area contributed by atoms with Crippen LogP contribution in [-0.4, -0.2) is 17.8 Å². The number of aliphatic hydroxyl groups is 1. The number of hydrogen-bond donors (Lipinski definition) is 1. The highest BCUT2D eigenvalue weighted by atomic mass is 19.1. The lowest BCUT2D eigenvalue weighted by Crippen LogP contribution is -2.08. The first-order valence-electron chi connectivity index (χ1n) is 6.42. The number of rotatable bonds is 5. The van der Waals surface area contributed by atoms with Gasteiger partial charge in [0.1, 0.15) is 11.6 Å². The van der Waals surface area contributed by atoms with E-state index in [-0.39, 0.29) is 11.7 Å². The van der Waals surface area contributed by atoms with Crippen LogP contribution in [0.1, 0.15) is 43.8 Å². The second-order valence-electron chi connectivity index (χ2n) is 4.72. The van der Waals surface area contributed by atoms with E-state index in [4.69, 9.17) is 4.74 Å². The van der Waals surface area contributed by atoms with Crippen LogP contribution in [0.2, 0.25) is 0 Å². The fraction of sp³-hybridized carbons (Fsp3) is 0.571. The lowest BCUT2D eigenvalue weighted by atomic mass is 10.0. The van der Waals surface area contributed by atoms with Gasteiger partial charge in [-0.25, -0.2) is 8.78 Å². The Labute approximate surface area is 106 Å². The first kappa shape index (κ1) is 13.4. The zero-order valence-electron chi connectivity index (χ0n) is 10.2. The molecular weight excluding hydrogens is 238 g/mol. The van der Waals surface area contributed by atoms with E-state index in [1.54, 1.807) is 0 Å². The largest absolute Gasteiger partial charge is 0.388 e. The number of ether oxygens (including phenoxy) is 1. The molecule has 2 nitrogen and oxygen atoms in total. The summed E-state index contributed by atoms with van der Waals surface area (Å²) in [6.45, 7) is 0.801. The molecule has 2 unspecified atom stereocenters. The second-order valence-corrected chi connectivity index (χ2v) is 4.72. The third-order valence-electron chi connectivity index (χ3n) is 3.36. The van der Waals surface area contributed by atoms with Crippen molar-refractivity contribution in [3.63, 3.8) is 0 Å². The molecule has 1 fully saturated rings. The highest BCUT2D eigenvalue weighted by Crippen LogP contribution is 2.26. The van der Waals surface area contributed by atoms with Gasteiger partial charge < -0.3 is 9.84 Å². The van der Waals surface area contributed by atoms with Crippen molar-refractivity contribution in [3.05, 3.63) is 35.4 Å². The Balaban J connectivity index is 1.85. The summed E-state index contributed by atoms with van der Waals surface area (Å²) in [5.41, 5.74) is -0.218. The van der Waals surface area contributed by atoms with E-state index in [0.717, 1.165) is 25.9 Å². The molecule has 1 aromatic rings. The molecule has 0 aromatic heterocycles. The van der Waals surface area contributed by atoms with Gasteiger partial charge in [0.15, 0.2) is 0 Å². The number of benzene rings is 1. The van der Waals surface area contributed by atoms with Crippen LogP contribution in [0.3, 0.4) is 0 Å². The minimum absolute atomic E-state index is 0.218. The van der Waals surface area contributed by atoms with Crippen molar-refractivity contribution in [3.8, 4) is 0 Å². The molecule has 18 heavy (non-hydrogen) atoms. The predicted octanol–water partition coefficient (Wildman–Crippen LogP) is 3.35. The molecule has 1 aliphatic heterocycles. The molecular formula is C14H18F2O2. The zero-order valence-corrected chi connectivity index (χ0v) is 10.2. The van der Waals surface area contributed by atoms with E-state index in [1.807, 2.05) is 0 Å². The first-order valence-corrected chi connectivity index (χ1v) is 6.42.